The number of ketones is 1. The molecule has 0 amide bonds. The van der Waals surface area contributed by atoms with Crippen molar-refractivity contribution in [1.29, 1.82) is 0 Å². The molecule has 0 spiro atoms. The van der Waals surface area contributed by atoms with Gasteiger partial charge in [0.25, 0.3) is 0 Å². The zero-order valence-corrected chi connectivity index (χ0v) is 10.3. The van der Waals surface area contributed by atoms with E-state index < -0.39 is 0 Å². The molecule has 84 valence electrons. The van der Waals surface area contributed by atoms with Crippen molar-refractivity contribution in [2.24, 2.45) is 11.3 Å². The fraction of sp³-hybridized carbons (Fsp3) is 0.643. The zero-order chi connectivity index (χ0) is 11.5. The minimum Gasteiger partial charge on any atom is -0.299 e. The van der Waals surface area contributed by atoms with Gasteiger partial charge in [-0.15, -0.1) is 0 Å². The Morgan fingerprint density at radius 3 is 2.73 bits per heavy atom. The second-order valence-electron chi connectivity index (χ2n) is 4.92. The first-order valence-electron chi connectivity index (χ1n) is 5.87. The number of carbonyl (C=O) groups is 1. The van der Waals surface area contributed by atoms with Gasteiger partial charge in [-0.2, -0.15) is 0 Å². The maximum absolute atomic E-state index is 11.7. The molecule has 1 aliphatic rings. The summed E-state index contributed by atoms with van der Waals surface area (Å²) in [6.45, 7) is 8.19. The number of hydrogen-bond acceptors (Lipinski definition) is 1. The Bertz CT molecular complexity index is 298. The lowest BCUT2D eigenvalue weighted by molar-refractivity contribution is -0.122. The Hall–Kier alpha value is -0.850. The monoisotopic (exact) mass is 206 g/mol. The molecular weight excluding hydrogens is 184 g/mol. The molecule has 2 atom stereocenters. The van der Waals surface area contributed by atoms with Crippen LogP contribution in [0.4, 0.5) is 0 Å². The van der Waals surface area contributed by atoms with Gasteiger partial charge in [-0.1, -0.05) is 50.5 Å². The van der Waals surface area contributed by atoms with Gasteiger partial charge in [0, 0.05) is 5.92 Å². The summed E-state index contributed by atoms with van der Waals surface area (Å²) in [5.41, 5.74) is 1.25. The predicted molar refractivity (Wildman–Crippen MR) is 64.7 cm³/mol. The molecule has 0 aliphatic heterocycles. The SMILES string of the molecule is CCCCC1(C)C=CC=C(C)C1C(C)=O. The van der Waals surface area contributed by atoms with Crippen molar-refractivity contribution >= 4 is 5.78 Å². The van der Waals surface area contributed by atoms with Crippen molar-refractivity contribution in [2.45, 2.75) is 47.0 Å². The Balaban J connectivity index is 2.90. The van der Waals surface area contributed by atoms with E-state index in [0.29, 0.717) is 5.78 Å². The van der Waals surface area contributed by atoms with Crippen LogP contribution in [0.2, 0.25) is 0 Å². The Morgan fingerprint density at radius 1 is 1.53 bits per heavy atom. The van der Waals surface area contributed by atoms with Crippen LogP contribution in [0, 0.1) is 11.3 Å². The highest BCUT2D eigenvalue weighted by Crippen LogP contribution is 2.41. The molecule has 2 unspecified atom stereocenters. The maximum Gasteiger partial charge on any atom is 0.137 e. The van der Waals surface area contributed by atoms with Crippen LogP contribution in [-0.4, -0.2) is 5.78 Å². The molecule has 0 heterocycles. The average molecular weight is 206 g/mol. The number of rotatable bonds is 4. The van der Waals surface area contributed by atoms with Crippen LogP contribution in [0.15, 0.2) is 23.8 Å². The number of unbranched alkanes of at least 4 members (excludes halogenated alkanes) is 1. The molecule has 1 rings (SSSR count). The van der Waals surface area contributed by atoms with Crippen LogP contribution < -0.4 is 0 Å². The number of hydrogen-bond donors (Lipinski definition) is 0. The molecule has 0 N–H and O–H groups in total. The van der Waals surface area contributed by atoms with Crippen molar-refractivity contribution < 1.29 is 4.79 Å². The standard InChI is InChI=1S/C14H22O/c1-5-6-9-14(4)10-7-8-11(2)13(14)12(3)15/h7-8,10,13H,5-6,9H2,1-4H3. The average Bonchev–Trinajstić information content (AvgIpc) is 2.14. The molecule has 1 nitrogen and oxygen atoms in total. The molecule has 0 bridgehead atoms. The molecule has 1 aliphatic carbocycles. The van der Waals surface area contributed by atoms with Crippen LogP contribution in [0.25, 0.3) is 0 Å². The summed E-state index contributed by atoms with van der Waals surface area (Å²) in [6.07, 6.45) is 9.87. The normalized spacial score (nSPS) is 30.1. The lowest BCUT2D eigenvalue weighted by atomic mass is 9.66. The molecule has 0 saturated heterocycles. The molecule has 0 aromatic carbocycles. The second-order valence-corrected chi connectivity index (χ2v) is 4.92. The molecule has 0 fully saturated rings. The molecular formula is C14H22O. The van der Waals surface area contributed by atoms with Crippen molar-refractivity contribution in [2.75, 3.05) is 0 Å². The van der Waals surface area contributed by atoms with E-state index in [-0.39, 0.29) is 11.3 Å². The summed E-state index contributed by atoms with van der Waals surface area (Å²) >= 11 is 0. The number of Topliss-reactive ketones (excluding diaryl/α,β-unsaturated/α-hetero) is 1. The molecule has 0 saturated carbocycles. The quantitative estimate of drug-likeness (QED) is 0.681. The summed E-state index contributed by atoms with van der Waals surface area (Å²) in [7, 11) is 0. The fourth-order valence-electron chi connectivity index (χ4n) is 2.70. The van der Waals surface area contributed by atoms with Gasteiger partial charge in [0.1, 0.15) is 5.78 Å². The van der Waals surface area contributed by atoms with E-state index in [1.807, 2.05) is 0 Å². The third-order valence-corrected chi connectivity index (χ3v) is 3.43. The summed E-state index contributed by atoms with van der Waals surface area (Å²) < 4.78 is 0. The third kappa shape index (κ3) is 2.58. The summed E-state index contributed by atoms with van der Waals surface area (Å²) in [4.78, 5) is 11.7. The molecule has 0 aromatic rings. The fourth-order valence-corrected chi connectivity index (χ4v) is 2.70. The minimum atomic E-state index is 0.0423. The Kier molecular flexibility index (Phi) is 3.90. The molecule has 0 radical (unpaired) electrons. The highest BCUT2D eigenvalue weighted by molar-refractivity contribution is 5.82. The van der Waals surface area contributed by atoms with Crippen LogP contribution in [0.5, 0.6) is 0 Å². The first-order chi connectivity index (χ1) is 7.01. The van der Waals surface area contributed by atoms with Crippen molar-refractivity contribution in [1.82, 2.24) is 0 Å². The zero-order valence-electron chi connectivity index (χ0n) is 10.3. The predicted octanol–water partition coefficient (Wildman–Crippen LogP) is 3.90. The van der Waals surface area contributed by atoms with Crippen molar-refractivity contribution in [3.8, 4) is 0 Å². The Labute approximate surface area is 93.3 Å². The van der Waals surface area contributed by atoms with Crippen molar-refractivity contribution in [3.63, 3.8) is 0 Å². The summed E-state index contributed by atoms with van der Waals surface area (Å²) in [5.74, 6) is 0.390. The second kappa shape index (κ2) is 4.78. The van der Waals surface area contributed by atoms with Gasteiger partial charge in [-0.25, -0.2) is 0 Å². The van der Waals surface area contributed by atoms with E-state index in [1.165, 1.54) is 18.4 Å². The van der Waals surface area contributed by atoms with E-state index in [0.717, 1.165) is 6.42 Å². The van der Waals surface area contributed by atoms with E-state index in [4.69, 9.17) is 0 Å². The smallest absolute Gasteiger partial charge is 0.137 e. The van der Waals surface area contributed by atoms with Gasteiger partial charge in [0.15, 0.2) is 0 Å². The van der Waals surface area contributed by atoms with Gasteiger partial charge in [-0.3, -0.25) is 4.79 Å². The largest absolute Gasteiger partial charge is 0.299 e. The lowest BCUT2D eigenvalue weighted by Crippen LogP contribution is -2.33. The minimum absolute atomic E-state index is 0.0423. The molecule has 15 heavy (non-hydrogen) atoms. The van der Waals surface area contributed by atoms with Gasteiger partial charge < -0.3 is 0 Å². The summed E-state index contributed by atoms with van der Waals surface area (Å²) in [5, 5.41) is 0. The van der Waals surface area contributed by atoms with Crippen LogP contribution >= 0.6 is 0 Å². The van der Waals surface area contributed by atoms with Gasteiger partial charge >= 0.3 is 0 Å². The number of carbonyl (C=O) groups excluding carboxylic acids is 1. The van der Waals surface area contributed by atoms with E-state index in [9.17, 15) is 4.79 Å². The van der Waals surface area contributed by atoms with E-state index in [1.54, 1.807) is 6.92 Å². The van der Waals surface area contributed by atoms with Gasteiger partial charge in [0.2, 0.25) is 0 Å². The highest BCUT2D eigenvalue weighted by atomic mass is 16.1. The molecule has 1 heteroatoms. The topological polar surface area (TPSA) is 17.1 Å². The van der Waals surface area contributed by atoms with Crippen molar-refractivity contribution in [3.05, 3.63) is 23.8 Å². The highest BCUT2D eigenvalue weighted by Gasteiger charge is 2.36. The Morgan fingerprint density at radius 2 is 2.20 bits per heavy atom. The number of allylic oxidation sites excluding steroid dienone is 4. The van der Waals surface area contributed by atoms with E-state index in [2.05, 4.69) is 39.0 Å². The first-order valence-corrected chi connectivity index (χ1v) is 5.87. The summed E-state index contributed by atoms with van der Waals surface area (Å²) in [6, 6.07) is 0. The van der Waals surface area contributed by atoms with Gasteiger partial charge in [0.05, 0.1) is 0 Å². The maximum atomic E-state index is 11.7. The molecule has 0 aromatic heterocycles. The lowest BCUT2D eigenvalue weighted by Gasteiger charge is -2.36. The van der Waals surface area contributed by atoms with Gasteiger partial charge in [-0.05, 0) is 25.7 Å². The third-order valence-electron chi connectivity index (χ3n) is 3.43. The van der Waals surface area contributed by atoms with Crippen LogP contribution in [0.3, 0.4) is 0 Å². The van der Waals surface area contributed by atoms with E-state index >= 15 is 0 Å². The van der Waals surface area contributed by atoms with Crippen LogP contribution in [0.1, 0.15) is 47.0 Å². The first kappa shape index (κ1) is 12.2. The van der Waals surface area contributed by atoms with Crippen LogP contribution in [-0.2, 0) is 4.79 Å².